The first-order valence-electron chi connectivity index (χ1n) is 13.0. The lowest BCUT2D eigenvalue weighted by Crippen LogP contribution is -2.36. The molecule has 6 heteroatoms. The number of rotatable bonds is 8. The summed E-state index contributed by atoms with van der Waals surface area (Å²) in [4.78, 5) is 39.1. The van der Waals surface area contributed by atoms with Crippen LogP contribution < -0.4 is 4.90 Å². The van der Waals surface area contributed by atoms with Crippen molar-refractivity contribution in [1.82, 2.24) is 0 Å². The summed E-state index contributed by atoms with van der Waals surface area (Å²) in [7, 11) is 1.35. The molecule has 0 spiro atoms. The average Bonchev–Trinajstić information content (AvgIpc) is 2.92. The minimum Gasteiger partial charge on any atom is -0.466 e. The van der Waals surface area contributed by atoms with E-state index in [4.69, 9.17) is 9.47 Å². The van der Waals surface area contributed by atoms with Crippen LogP contribution in [0.4, 0.5) is 5.69 Å². The molecule has 190 valence electrons. The molecule has 0 aromatic heterocycles. The summed E-state index contributed by atoms with van der Waals surface area (Å²) in [5.74, 6) is -0.412. The Labute approximate surface area is 213 Å². The lowest BCUT2D eigenvalue weighted by molar-refractivity contribution is -0.152. The van der Waals surface area contributed by atoms with Crippen LogP contribution in [0, 0.1) is 11.8 Å². The number of hydrogen-bond acceptors (Lipinski definition) is 5. The van der Waals surface area contributed by atoms with Gasteiger partial charge in [-0.3, -0.25) is 9.59 Å². The van der Waals surface area contributed by atoms with Gasteiger partial charge in [0.15, 0.2) is 0 Å². The Morgan fingerprint density at radius 3 is 2.47 bits per heavy atom. The summed E-state index contributed by atoms with van der Waals surface area (Å²) >= 11 is 0. The van der Waals surface area contributed by atoms with E-state index in [-0.39, 0.29) is 23.7 Å². The van der Waals surface area contributed by atoms with Crippen molar-refractivity contribution in [2.45, 2.75) is 57.9 Å². The second kappa shape index (κ2) is 12.5. The zero-order valence-electron chi connectivity index (χ0n) is 21.0. The van der Waals surface area contributed by atoms with Crippen LogP contribution >= 0.6 is 0 Å². The van der Waals surface area contributed by atoms with Gasteiger partial charge in [-0.05, 0) is 67.0 Å². The number of carbonyl (C=O) groups excluding carboxylic acids is 3. The monoisotopic (exact) mass is 489 g/mol. The molecule has 1 aliphatic carbocycles. The molecule has 1 aliphatic heterocycles. The molecule has 1 atom stereocenters. The van der Waals surface area contributed by atoms with Crippen molar-refractivity contribution in [2.75, 3.05) is 18.6 Å². The van der Waals surface area contributed by atoms with Crippen molar-refractivity contribution in [1.29, 1.82) is 0 Å². The molecule has 0 bridgehead atoms. The highest BCUT2D eigenvalue weighted by atomic mass is 16.5. The fourth-order valence-corrected chi connectivity index (χ4v) is 5.07. The van der Waals surface area contributed by atoms with E-state index in [1.165, 1.54) is 19.6 Å². The molecule has 0 N–H and O–H groups in total. The summed E-state index contributed by atoms with van der Waals surface area (Å²) in [6, 6.07) is 15.9. The number of methoxy groups -OCH3 is 1. The van der Waals surface area contributed by atoms with Crippen LogP contribution in [0.5, 0.6) is 0 Å². The molecular weight excluding hydrogens is 454 g/mol. The first-order chi connectivity index (χ1) is 17.5. The van der Waals surface area contributed by atoms with E-state index >= 15 is 0 Å². The lowest BCUT2D eigenvalue weighted by atomic mass is 9.88. The molecule has 2 aromatic rings. The molecule has 1 amide bonds. The van der Waals surface area contributed by atoms with Gasteiger partial charge in [0, 0.05) is 17.7 Å². The van der Waals surface area contributed by atoms with Crippen LogP contribution in [0.2, 0.25) is 0 Å². The normalized spacial score (nSPS) is 18.6. The smallest absolute Gasteiger partial charge is 0.330 e. The number of anilines is 1. The van der Waals surface area contributed by atoms with Crippen LogP contribution in [0.25, 0.3) is 6.08 Å². The summed E-state index contributed by atoms with van der Waals surface area (Å²) in [5, 5.41) is 0. The Kier molecular flexibility index (Phi) is 8.93. The quantitative estimate of drug-likeness (QED) is 0.363. The fraction of sp³-hybridized carbons (Fsp3) is 0.433. The van der Waals surface area contributed by atoms with E-state index in [0.717, 1.165) is 60.9 Å². The number of cyclic esters (lactones) is 1. The van der Waals surface area contributed by atoms with Gasteiger partial charge in [0.1, 0.15) is 0 Å². The molecule has 1 unspecified atom stereocenters. The molecule has 6 nitrogen and oxygen atoms in total. The van der Waals surface area contributed by atoms with Gasteiger partial charge in [-0.25, -0.2) is 4.79 Å². The van der Waals surface area contributed by atoms with Crippen molar-refractivity contribution in [3.05, 3.63) is 71.3 Å². The van der Waals surface area contributed by atoms with Crippen molar-refractivity contribution < 1.29 is 23.9 Å². The van der Waals surface area contributed by atoms with E-state index in [1.54, 1.807) is 6.08 Å². The molecule has 2 fully saturated rings. The highest BCUT2D eigenvalue weighted by Gasteiger charge is 2.28. The lowest BCUT2D eigenvalue weighted by Gasteiger charge is -2.30. The molecule has 1 saturated heterocycles. The summed E-state index contributed by atoms with van der Waals surface area (Å²) in [6.45, 7) is 0.990. The number of ether oxygens (including phenoxy) is 2. The highest BCUT2D eigenvalue weighted by molar-refractivity contribution is 5.95. The summed E-state index contributed by atoms with van der Waals surface area (Å²) < 4.78 is 9.90. The Morgan fingerprint density at radius 1 is 1.00 bits per heavy atom. The molecule has 1 heterocycles. The predicted molar refractivity (Wildman–Crippen MR) is 139 cm³/mol. The molecule has 1 saturated carbocycles. The standard InChI is InChI=1S/C30H35NO5/c1-35-28(32)17-16-22-7-5-11-27(20-22)31(29(33)25-8-3-2-4-9-25)21-24-14-12-23(13-15-24)19-26-10-6-18-36-30(26)34/h5,7,11-17,20,25-26H,2-4,6,8-10,18-19,21H2,1H3. The van der Waals surface area contributed by atoms with Crippen LogP contribution in [0.15, 0.2) is 54.6 Å². The van der Waals surface area contributed by atoms with Gasteiger partial charge in [0.25, 0.3) is 0 Å². The van der Waals surface area contributed by atoms with E-state index < -0.39 is 5.97 Å². The third-order valence-electron chi connectivity index (χ3n) is 7.14. The van der Waals surface area contributed by atoms with Crippen LogP contribution in [-0.4, -0.2) is 31.6 Å². The fourth-order valence-electron chi connectivity index (χ4n) is 5.07. The first kappa shape index (κ1) is 25.7. The number of amides is 1. The maximum atomic E-state index is 13.7. The molecule has 36 heavy (non-hydrogen) atoms. The number of carbonyl (C=O) groups is 3. The maximum absolute atomic E-state index is 13.7. The first-order valence-corrected chi connectivity index (χ1v) is 13.0. The maximum Gasteiger partial charge on any atom is 0.330 e. The Bertz CT molecular complexity index is 1080. The molecular formula is C30H35NO5. The predicted octanol–water partition coefficient (Wildman–Crippen LogP) is 5.48. The third kappa shape index (κ3) is 6.84. The minimum atomic E-state index is -0.419. The van der Waals surface area contributed by atoms with Gasteiger partial charge < -0.3 is 14.4 Å². The van der Waals surface area contributed by atoms with Gasteiger partial charge >= 0.3 is 11.9 Å². The molecule has 2 aliphatic rings. The molecule has 0 radical (unpaired) electrons. The van der Waals surface area contributed by atoms with E-state index in [0.29, 0.717) is 19.6 Å². The largest absolute Gasteiger partial charge is 0.466 e. The van der Waals surface area contributed by atoms with Crippen molar-refractivity contribution in [3.8, 4) is 0 Å². The number of nitrogens with zero attached hydrogens (tertiary/aromatic N) is 1. The Morgan fingerprint density at radius 2 is 1.75 bits per heavy atom. The van der Waals surface area contributed by atoms with Crippen LogP contribution in [-0.2, 0) is 36.8 Å². The van der Waals surface area contributed by atoms with Gasteiger partial charge in [-0.2, -0.15) is 0 Å². The Hall–Kier alpha value is -3.41. The van der Waals surface area contributed by atoms with Gasteiger partial charge in [-0.1, -0.05) is 55.7 Å². The van der Waals surface area contributed by atoms with Crippen molar-refractivity contribution in [2.24, 2.45) is 11.8 Å². The second-order valence-electron chi connectivity index (χ2n) is 9.74. The topological polar surface area (TPSA) is 72.9 Å². The summed E-state index contributed by atoms with van der Waals surface area (Å²) in [5.41, 5.74) is 3.77. The number of esters is 2. The average molecular weight is 490 g/mol. The summed E-state index contributed by atoms with van der Waals surface area (Å²) in [6.07, 6.45) is 10.8. The molecule has 2 aromatic carbocycles. The van der Waals surface area contributed by atoms with Crippen LogP contribution in [0.3, 0.4) is 0 Å². The van der Waals surface area contributed by atoms with E-state index in [9.17, 15) is 14.4 Å². The SMILES string of the molecule is COC(=O)C=Cc1cccc(N(Cc2ccc(CC3CCCOC3=O)cc2)C(=O)C2CCCCC2)c1. The van der Waals surface area contributed by atoms with Crippen molar-refractivity contribution >= 4 is 29.6 Å². The second-order valence-corrected chi connectivity index (χ2v) is 9.74. The number of benzene rings is 2. The Balaban J connectivity index is 1.53. The number of hydrogen-bond donors (Lipinski definition) is 0. The van der Waals surface area contributed by atoms with E-state index in [1.807, 2.05) is 41.3 Å². The molecule has 4 rings (SSSR count). The van der Waals surface area contributed by atoms with Crippen LogP contribution in [0.1, 0.15) is 61.6 Å². The van der Waals surface area contributed by atoms with Gasteiger partial charge in [0.2, 0.25) is 5.91 Å². The zero-order chi connectivity index (χ0) is 25.3. The zero-order valence-corrected chi connectivity index (χ0v) is 21.0. The minimum absolute atomic E-state index is 0.0320. The van der Waals surface area contributed by atoms with Gasteiger partial charge in [0.05, 0.1) is 26.2 Å². The van der Waals surface area contributed by atoms with Gasteiger partial charge in [-0.15, -0.1) is 0 Å². The third-order valence-corrected chi connectivity index (χ3v) is 7.14. The highest BCUT2D eigenvalue weighted by Crippen LogP contribution is 2.29. The van der Waals surface area contributed by atoms with Crippen molar-refractivity contribution in [3.63, 3.8) is 0 Å². The van der Waals surface area contributed by atoms with E-state index in [2.05, 4.69) is 12.1 Å².